The molecule has 0 unspecified atom stereocenters. The van der Waals surface area contributed by atoms with Crippen molar-refractivity contribution in [3.63, 3.8) is 0 Å². The minimum Gasteiger partial charge on any atom is -0.143 e. The van der Waals surface area contributed by atoms with E-state index >= 15 is 0 Å². The Kier molecular flexibility index (Phi) is 8.95. The van der Waals surface area contributed by atoms with Crippen molar-refractivity contribution >= 4 is 47.0 Å². The molecule has 140 valence electrons. The molecule has 0 aromatic heterocycles. The standard InChI is InChI=1S/C20H36S4/c1-3-7-11-19(21-15-16-22-19)13-9-5-2-6-10-14-20(12-8-4-1)23-17-18-24-20/h1-18H2. The Labute approximate surface area is 167 Å². The molecule has 0 atom stereocenters. The summed E-state index contributed by atoms with van der Waals surface area (Å²) in [6, 6.07) is 0. The molecule has 3 rings (SSSR count). The van der Waals surface area contributed by atoms with Gasteiger partial charge in [-0.3, -0.25) is 0 Å². The van der Waals surface area contributed by atoms with Gasteiger partial charge in [-0.25, -0.2) is 0 Å². The second-order valence-electron chi connectivity index (χ2n) is 7.75. The fourth-order valence-electron chi connectivity index (χ4n) is 4.46. The molecule has 0 aromatic rings. The minimum absolute atomic E-state index is 0.623. The van der Waals surface area contributed by atoms with E-state index in [4.69, 9.17) is 0 Å². The van der Waals surface area contributed by atoms with Crippen molar-refractivity contribution in [1.82, 2.24) is 0 Å². The van der Waals surface area contributed by atoms with Crippen LogP contribution in [-0.2, 0) is 0 Å². The van der Waals surface area contributed by atoms with Gasteiger partial charge in [-0.05, 0) is 25.7 Å². The third-order valence-electron chi connectivity index (χ3n) is 5.86. The Balaban J connectivity index is 1.46. The number of rotatable bonds is 0. The average molecular weight is 405 g/mol. The summed E-state index contributed by atoms with van der Waals surface area (Å²) in [5, 5.41) is 0. The first-order chi connectivity index (χ1) is 11.8. The van der Waals surface area contributed by atoms with E-state index in [2.05, 4.69) is 47.0 Å². The van der Waals surface area contributed by atoms with Crippen LogP contribution in [-0.4, -0.2) is 31.2 Å². The number of hydrogen-bond donors (Lipinski definition) is 0. The summed E-state index contributed by atoms with van der Waals surface area (Å²) in [5.74, 6) is 5.62. The van der Waals surface area contributed by atoms with Crippen molar-refractivity contribution in [1.29, 1.82) is 0 Å². The lowest BCUT2D eigenvalue weighted by atomic mass is 10.00. The molecule has 2 aliphatic heterocycles. The normalized spacial score (nSPS) is 30.0. The molecule has 0 bridgehead atoms. The zero-order valence-electron chi connectivity index (χ0n) is 15.4. The largest absolute Gasteiger partial charge is 0.143 e. The van der Waals surface area contributed by atoms with E-state index in [9.17, 15) is 0 Å². The van der Waals surface area contributed by atoms with Crippen LogP contribution in [0.5, 0.6) is 0 Å². The Morgan fingerprint density at radius 3 is 0.875 bits per heavy atom. The molecule has 0 radical (unpaired) electrons. The summed E-state index contributed by atoms with van der Waals surface area (Å²) >= 11 is 9.21. The molecule has 24 heavy (non-hydrogen) atoms. The molecular formula is C20H36S4. The molecule has 0 nitrogen and oxygen atoms in total. The predicted octanol–water partition coefficient (Wildman–Crippen LogP) is 7.81. The number of thioether (sulfide) groups is 4. The fraction of sp³-hybridized carbons (Fsp3) is 1.00. The summed E-state index contributed by atoms with van der Waals surface area (Å²) in [4.78, 5) is 0. The van der Waals surface area contributed by atoms with Gasteiger partial charge in [0.05, 0.1) is 8.16 Å². The van der Waals surface area contributed by atoms with Gasteiger partial charge >= 0.3 is 0 Å². The van der Waals surface area contributed by atoms with Crippen molar-refractivity contribution < 1.29 is 0 Å². The molecule has 3 fully saturated rings. The highest BCUT2D eigenvalue weighted by Gasteiger charge is 2.35. The summed E-state index contributed by atoms with van der Waals surface area (Å²) in [5.41, 5.74) is 0. The lowest BCUT2D eigenvalue weighted by Gasteiger charge is -2.29. The molecule has 2 spiro atoms. The monoisotopic (exact) mass is 404 g/mol. The maximum absolute atomic E-state index is 2.30. The van der Waals surface area contributed by atoms with Crippen LogP contribution in [0.3, 0.4) is 0 Å². The van der Waals surface area contributed by atoms with Gasteiger partial charge in [0.1, 0.15) is 0 Å². The molecule has 4 heteroatoms. The average Bonchev–Trinajstić information content (AvgIpc) is 3.23. The molecule has 3 aliphatic rings. The molecule has 0 N–H and O–H groups in total. The van der Waals surface area contributed by atoms with Gasteiger partial charge in [0.25, 0.3) is 0 Å². The predicted molar refractivity (Wildman–Crippen MR) is 120 cm³/mol. The minimum atomic E-state index is 0.623. The van der Waals surface area contributed by atoms with Crippen molar-refractivity contribution in [3.8, 4) is 0 Å². The van der Waals surface area contributed by atoms with Crippen LogP contribution in [0.1, 0.15) is 89.9 Å². The molecular weight excluding hydrogens is 368 g/mol. The van der Waals surface area contributed by atoms with E-state index in [-0.39, 0.29) is 0 Å². The molecule has 2 heterocycles. The molecule has 0 aromatic carbocycles. The van der Waals surface area contributed by atoms with E-state index in [1.807, 2.05) is 0 Å². The van der Waals surface area contributed by atoms with Gasteiger partial charge in [0.2, 0.25) is 0 Å². The van der Waals surface area contributed by atoms with Crippen LogP contribution in [0.2, 0.25) is 0 Å². The second-order valence-corrected chi connectivity index (χ2v) is 14.2. The van der Waals surface area contributed by atoms with Crippen molar-refractivity contribution in [2.24, 2.45) is 0 Å². The van der Waals surface area contributed by atoms with Crippen LogP contribution in [0.15, 0.2) is 0 Å². The van der Waals surface area contributed by atoms with Crippen LogP contribution < -0.4 is 0 Å². The van der Waals surface area contributed by atoms with E-state index in [0.717, 1.165) is 0 Å². The van der Waals surface area contributed by atoms with Gasteiger partial charge < -0.3 is 0 Å². The van der Waals surface area contributed by atoms with Gasteiger partial charge in [-0.15, -0.1) is 47.0 Å². The third kappa shape index (κ3) is 6.23. The highest BCUT2D eigenvalue weighted by Crippen LogP contribution is 2.52. The molecule has 2 saturated heterocycles. The van der Waals surface area contributed by atoms with Gasteiger partial charge in [-0.2, -0.15) is 0 Å². The lowest BCUT2D eigenvalue weighted by molar-refractivity contribution is 0.495. The fourth-order valence-corrected chi connectivity index (χ4v) is 11.3. The van der Waals surface area contributed by atoms with Crippen molar-refractivity contribution in [3.05, 3.63) is 0 Å². The Bertz CT molecular complexity index is 292. The first-order valence-electron chi connectivity index (χ1n) is 10.4. The maximum atomic E-state index is 2.30. The second kappa shape index (κ2) is 10.7. The Morgan fingerprint density at radius 1 is 0.333 bits per heavy atom. The SMILES string of the molecule is C1CCCC2(CCCCCCCC3(CCC1)SCCS3)SCCS2. The van der Waals surface area contributed by atoms with E-state index in [1.54, 1.807) is 0 Å². The highest BCUT2D eigenvalue weighted by atomic mass is 32.2. The lowest BCUT2D eigenvalue weighted by Crippen LogP contribution is -2.18. The summed E-state index contributed by atoms with van der Waals surface area (Å²) in [6.45, 7) is 0. The maximum Gasteiger partial charge on any atom is 0.0611 e. The summed E-state index contributed by atoms with van der Waals surface area (Å²) < 4.78 is 1.25. The summed E-state index contributed by atoms with van der Waals surface area (Å²) in [7, 11) is 0. The Hall–Kier alpha value is 1.40. The van der Waals surface area contributed by atoms with Crippen LogP contribution in [0.4, 0.5) is 0 Å². The van der Waals surface area contributed by atoms with Crippen LogP contribution >= 0.6 is 47.0 Å². The molecule has 1 aliphatic carbocycles. The highest BCUT2D eigenvalue weighted by molar-refractivity contribution is 8.21. The third-order valence-corrected chi connectivity index (χ3v) is 13.2. The first-order valence-corrected chi connectivity index (χ1v) is 14.3. The van der Waals surface area contributed by atoms with E-state index < -0.39 is 0 Å². The zero-order chi connectivity index (χ0) is 16.6. The van der Waals surface area contributed by atoms with Crippen molar-refractivity contribution in [2.75, 3.05) is 23.0 Å². The first kappa shape index (κ1) is 20.1. The smallest absolute Gasteiger partial charge is 0.0611 e. The molecule has 0 amide bonds. The van der Waals surface area contributed by atoms with Gasteiger partial charge in [0.15, 0.2) is 0 Å². The summed E-state index contributed by atoms with van der Waals surface area (Å²) in [6.07, 6.45) is 20.8. The van der Waals surface area contributed by atoms with Crippen LogP contribution in [0, 0.1) is 0 Å². The van der Waals surface area contributed by atoms with Gasteiger partial charge in [-0.1, -0.05) is 64.2 Å². The zero-order valence-corrected chi connectivity index (χ0v) is 18.6. The quantitative estimate of drug-likeness (QED) is 0.403. The van der Waals surface area contributed by atoms with Gasteiger partial charge in [0, 0.05) is 23.0 Å². The Morgan fingerprint density at radius 2 is 0.583 bits per heavy atom. The topological polar surface area (TPSA) is 0 Å². The molecule has 1 saturated carbocycles. The van der Waals surface area contributed by atoms with Crippen LogP contribution in [0.25, 0.3) is 0 Å². The van der Waals surface area contributed by atoms with Crippen molar-refractivity contribution in [2.45, 2.75) is 98.0 Å². The number of hydrogen-bond acceptors (Lipinski definition) is 4. The van der Waals surface area contributed by atoms with E-state index in [0.29, 0.717) is 8.16 Å². The van der Waals surface area contributed by atoms with E-state index in [1.165, 1.54) is 113 Å².